The van der Waals surface area contributed by atoms with Gasteiger partial charge >= 0.3 is 5.96 Å². The van der Waals surface area contributed by atoms with Gasteiger partial charge in [0, 0.05) is 0 Å². The van der Waals surface area contributed by atoms with E-state index in [1.54, 1.807) is 0 Å². The summed E-state index contributed by atoms with van der Waals surface area (Å²) in [5, 5.41) is 27.7. The number of guanidine groups is 2. The maximum Gasteiger partial charge on any atom is 0.396 e. The number of nitrogens with two attached hydrogens (primary N) is 1. The summed E-state index contributed by atoms with van der Waals surface area (Å²) in [6.45, 7) is 3.72. The molecule has 2 rings (SSSR count). The molecule has 0 bridgehead atoms. The molecule has 0 aromatic heterocycles. The fourth-order valence-electron chi connectivity index (χ4n) is 3.00. The highest BCUT2D eigenvalue weighted by molar-refractivity contribution is 5.82. The smallest absolute Gasteiger partial charge is 0.363 e. The van der Waals surface area contributed by atoms with Crippen molar-refractivity contribution in [2.24, 2.45) is 15.8 Å². The zero-order chi connectivity index (χ0) is 23.5. The minimum Gasteiger partial charge on any atom is -0.363 e. The summed E-state index contributed by atoms with van der Waals surface area (Å²) >= 11 is 0. The number of hydrogen-bond donors (Lipinski definition) is 3. The number of hydrazine groups is 2. The molecule has 2 unspecified atom stereocenters. The van der Waals surface area contributed by atoms with Crippen molar-refractivity contribution in [1.82, 2.24) is 15.9 Å². The Morgan fingerprint density at radius 1 is 1.00 bits per heavy atom. The van der Waals surface area contributed by atoms with E-state index < -0.39 is 28.0 Å². The van der Waals surface area contributed by atoms with Crippen LogP contribution in [0, 0.1) is 20.2 Å². The number of benzene rings is 2. The van der Waals surface area contributed by atoms with E-state index in [0.29, 0.717) is 12.8 Å². The van der Waals surface area contributed by atoms with Gasteiger partial charge in [0.15, 0.2) is 5.03 Å². The fourth-order valence-corrected chi connectivity index (χ4v) is 3.00. The van der Waals surface area contributed by atoms with E-state index in [1.165, 1.54) is 0 Å². The molecule has 0 radical (unpaired) electrons. The second-order valence-electron chi connectivity index (χ2n) is 6.68. The van der Waals surface area contributed by atoms with Crippen LogP contribution in [0.5, 0.6) is 0 Å². The number of nitrogens with one attached hydrogen (secondary N) is 2. The summed E-state index contributed by atoms with van der Waals surface area (Å²) in [7, 11) is 0. The van der Waals surface area contributed by atoms with E-state index >= 15 is 0 Å². The summed E-state index contributed by atoms with van der Waals surface area (Å²) in [5.41, 5.74) is 9.40. The van der Waals surface area contributed by atoms with Gasteiger partial charge < -0.3 is 21.2 Å². The fraction of sp³-hybridized carbons (Fsp3) is 0.300. The van der Waals surface area contributed by atoms with Crippen molar-refractivity contribution in [1.29, 1.82) is 0 Å². The summed E-state index contributed by atoms with van der Waals surface area (Å²) in [6, 6.07) is 17.5. The standard InChI is InChI=1S/C20H26N8O4/c1-3-17(15-11-7-5-8-12-15)22-19(21)26(28(31)32)24-20(25-27(29)30)23-18(4-2)16-13-9-6-10-14-16/h5-14,17-18H,3-4H2,1-2H3,(H2,21,22)(H2,23,24,25). The molecule has 2 aromatic carbocycles. The van der Waals surface area contributed by atoms with E-state index in [4.69, 9.17) is 5.73 Å². The number of nitro groups is 2. The van der Waals surface area contributed by atoms with Crippen molar-refractivity contribution in [2.45, 2.75) is 38.8 Å². The van der Waals surface area contributed by atoms with Gasteiger partial charge in [-0.15, -0.1) is 0 Å². The van der Waals surface area contributed by atoms with Gasteiger partial charge in [-0.1, -0.05) is 74.5 Å². The molecule has 12 heteroatoms. The number of aliphatic imine (C=N–C) groups is 1. The largest absolute Gasteiger partial charge is 0.396 e. The van der Waals surface area contributed by atoms with Crippen molar-refractivity contribution in [2.75, 3.05) is 0 Å². The van der Waals surface area contributed by atoms with Crippen LogP contribution in [-0.4, -0.2) is 27.1 Å². The molecule has 0 aliphatic carbocycles. The van der Waals surface area contributed by atoms with E-state index in [1.807, 2.05) is 79.9 Å². The predicted octanol–water partition coefficient (Wildman–Crippen LogP) is 2.74. The third kappa shape index (κ3) is 6.93. The van der Waals surface area contributed by atoms with Crippen LogP contribution < -0.4 is 16.5 Å². The van der Waals surface area contributed by atoms with Gasteiger partial charge in [0.05, 0.1) is 22.2 Å². The molecule has 0 saturated carbocycles. The Kier molecular flexibility index (Phi) is 8.90. The average molecular weight is 442 g/mol. The van der Waals surface area contributed by atoms with Crippen LogP contribution in [0.15, 0.2) is 70.8 Å². The number of nitrogens with zero attached hydrogens (tertiary/aromatic N) is 5. The van der Waals surface area contributed by atoms with Crippen molar-refractivity contribution in [3.63, 3.8) is 0 Å². The lowest BCUT2D eigenvalue weighted by Gasteiger charge is -2.17. The Morgan fingerprint density at radius 3 is 2.03 bits per heavy atom. The zero-order valence-electron chi connectivity index (χ0n) is 17.8. The first-order chi connectivity index (χ1) is 15.3. The number of hydrogen-bond acceptors (Lipinski definition) is 6. The molecule has 170 valence electrons. The lowest BCUT2D eigenvalue weighted by molar-refractivity contribution is -0.631. The molecule has 0 saturated heterocycles. The highest BCUT2D eigenvalue weighted by Crippen LogP contribution is 2.21. The Hall–Kier alpha value is -4.22. The van der Waals surface area contributed by atoms with E-state index in [0.717, 1.165) is 11.1 Å². The van der Waals surface area contributed by atoms with Crippen molar-refractivity contribution >= 4 is 11.9 Å². The summed E-state index contributed by atoms with van der Waals surface area (Å²) < 4.78 is 0. The molecule has 0 spiro atoms. The van der Waals surface area contributed by atoms with Crippen LogP contribution in [0.25, 0.3) is 0 Å². The molecular weight excluding hydrogens is 416 g/mol. The third-order valence-electron chi connectivity index (χ3n) is 4.53. The van der Waals surface area contributed by atoms with E-state index in [-0.39, 0.29) is 11.2 Å². The van der Waals surface area contributed by atoms with Crippen LogP contribution in [0.4, 0.5) is 0 Å². The molecule has 2 aromatic rings. The van der Waals surface area contributed by atoms with Crippen LogP contribution in [-0.2, 0) is 0 Å². The summed E-state index contributed by atoms with van der Waals surface area (Å²) in [6.07, 6.45) is 1.07. The van der Waals surface area contributed by atoms with Gasteiger partial charge in [-0.2, -0.15) is 0 Å². The normalized spacial score (nSPS) is 13.7. The molecule has 4 N–H and O–H groups in total. The van der Waals surface area contributed by atoms with Crippen LogP contribution in [0.3, 0.4) is 0 Å². The molecule has 0 heterocycles. The first-order valence-corrected chi connectivity index (χ1v) is 9.99. The maximum absolute atomic E-state index is 11.6. The van der Waals surface area contributed by atoms with Gasteiger partial charge in [0.2, 0.25) is 0 Å². The summed E-state index contributed by atoms with van der Waals surface area (Å²) in [5.74, 6) is -0.962. The minimum absolute atomic E-state index is 0.210. The first kappa shape index (κ1) is 24.1. The van der Waals surface area contributed by atoms with Gasteiger partial charge in [-0.05, 0) is 29.4 Å². The lowest BCUT2D eigenvalue weighted by atomic mass is 10.1. The Morgan fingerprint density at radius 2 is 1.56 bits per heavy atom. The van der Waals surface area contributed by atoms with Gasteiger partial charge in [0.1, 0.15) is 5.10 Å². The second-order valence-corrected chi connectivity index (χ2v) is 6.68. The Bertz CT molecular complexity index is 953. The monoisotopic (exact) mass is 442 g/mol. The van der Waals surface area contributed by atoms with Crippen LogP contribution in [0.1, 0.15) is 49.9 Å². The van der Waals surface area contributed by atoms with Gasteiger partial charge in [-0.3, -0.25) is 0 Å². The maximum atomic E-state index is 11.6. The SMILES string of the molecule is CCC(N=C(N)N(N=C(NC(CC)c1ccccc1)N[N+](=O)[O-])[N+](=O)[O-])c1ccccc1. The Balaban J connectivity index is 2.37. The molecular formula is C20H26N8O4. The average Bonchev–Trinajstić information content (AvgIpc) is 2.79. The third-order valence-corrected chi connectivity index (χ3v) is 4.53. The van der Waals surface area contributed by atoms with Crippen molar-refractivity contribution in [3.8, 4) is 0 Å². The topological polar surface area (TPSA) is 164 Å². The van der Waals surface area contributed by atoms with Crippen molar-refractivity contribution < 1.29 is 10.1 Å². The zero-order valence-corrected chi connectivity index (χ0v) is 17.8. The van der Waals surface area contributed by atoms with Gasteiger partial charge in [0.25, 0.3) is 5.96 Å². The summed E-state index contributed by atoms with van der Waals surface area (Å²) in [4.78, 5) is 26.9. The number of rotatable bonds is 9. The van der Waals surface area contributed by atoms with E-state index in [9.17, 15) is 20.2 Å². The Labute approximate surface area is 185 Å². The lowest BCUT2D eigenvalue weighted by Crippen LogP contribution is -2.47. The molecule has 12 nitrogen and oxygen atoms in total. The molecule has 0 amide bonds. The number of hydrazone groups is 1. The quantitative estimate of drug-likeness (QED) is 0.231. The molecule has 2 atom stereocenters. The predicted molar refractivity (Wildman–Crippen MR) is 120 cm³/mol. The van der Waals surface area contributed by atoms with Gasteiger partial charge in [-0.25, -0.2) is 15.1 Å². The highest BCUT2D eigenvalue weighted by atomic mass is 16.7. The first-order valence-electron chi connectivity index (χ1n) is 9.99. The van der Waals surface area contributed by atoms with Crippen LogP contribution >= 0.6 is 0 Å². The molecule has 32 heavy (non-hydrogen) atoms. The second kappa shape index (κ2) is 11.8. The minimum atomic E-state index is -0.899. The highest BCUT2D eigenvalue weighted by Gasteiger charge is 2.27. The molecule has 0 fully saturated rings. The molecule has 0 aliphatic rings. The van der Waals surface area contributed by atoms with Crippen molar-refractivity contribution in [3.05, 3.63) is 92.0 Å². The molecule has 0 aliphatic heterocycles. The van der Waals surface area contributed by atoms with E-state index in [2.05, 4.69) is 15.4 Å². The van der Waals surface area contributed by atoms with Crippen LogP contribution in [0.2, 0.25) is 0 Å².